The number of carbonyl (C=O) groups excluding carboxylic acids is 1. The van der Waals surface area contributed by atoms with Gasteiger partial charge in [-0.2, -0.15) is 0 Å². The van der Waals surface area contributed by atoms with E-state index in [0.717, 1.165) is 53.9 Å². The third kappa shape index (κ3) is 4.90. The Kier molecular flexibility index (Phi) is 6.06. The number of amides is 1. The van der Waals surface area contributed by atoms with Crippen molar-refractivity contribution in [1.29, 1.82) is 0 Å². The standard InChI is InChI=1S/C25H25N7O/c33-25(28-17-18-4-3-12-26-16-18)20-10-14-32(15-11-20)23-8-7-22(30-31-23)29-24-21-6-2-1-5-19(21)9-13-27-24/h1-9,12-13,16,20H,10-11,14-15,17H2,(H,28,33)(H,27,29,30). The van der Waals surface area contributed by atoms with Crippen LogP contribution in [0.15, 0.2) is 73.2 Å². The monoisotopic (exact) mass is 439 g/mol. The van der Waals surface area contributed by atoms with Gasteiger partial charge in [-0.05, 0) is 48.1 Å². The van der Waals surface area contributed by atoms with Crippen LogP contribution in [-0.4, -0.2) is 39.2 Å². The number of nitrogens with zero attached hydrogens (tertiary/aromatic N) is 5. The summed E-state index contributed by atoms with van der Waals surface area (Å²) in [6, 6.07) is 17.8. The van der Waals surface area contributed by atoms with E-state index in [1.54, 1.807) is 18.6 Å². The number of hydrogen-bond acceptors (Lipinski definition) is 7. The molecule has 4 aromatic rings. The van der Waals surface area contributed by atoms with Crippen molar-refractivity contribution in [2.75, 3.05) is 23.3 Å². The average Bonchev–Trinajstić information content (AvgIpc) is 2.89. The van der Waals surface area contributed by atoms with Gasteiger partial charge < -0.3 is 15.5 Å². The van der Waals surface area contributed by atoms with Crippen molar-refractivity contribution in [2.45, 2.75) is 19.4 Å². The molecule has 2 N–H and O–H groups in total. The van der Waals surface area contributed by atoms with Gasteiger partial charge in [-0.1, -0.05) is 30.3 Å². The highest BCUT2D eigenvalue weighted by atomic mass is 16.1. The molecular formula is C25H25N7O. The van der Waals surface area contributed by atoms with E-state index in [4.69, 9.17) is 0 Å². The van der Waals surface area contributed by atoms with Gasteiger partial charge in [-0.3, -0.25) is 9.78 Å². The molecule has 1 saturated heterocycles. The molecule has 5 rings (SSSR count). The summed E-state index contributed by atoms with van der Waals surface area (Å²) in [4.78, 5) is 23.2. The number of carbonyl (C=O) groups is 1. The number of piperidine rings is 1. The first-order chi connectivity index (χ1) is 16.3. The molecule has 0 radical (unpaired) electrons. The predicted molar refractivity (Wildman–Crippen MR) is 128 cm³/mol. The third-order valence-electron chi connectivity index (χ3n) is 5.95. The summed E-state index contributed by atoms with van der Waals surface area (Å²) in [5.41, 5.74) is 1.01. The summed E-state index contributed by atoms with van der Waals surface area (Å²) >= 11 is 0. The molecule has 1 amide bonds. The van der Waals surface area contributed by atoms with Gasteiger partial charge in [-0.25, -0.2) is 4.98 Å². The van der Waals surface area contributed by atoms with Gasteiger partial charge in [0.05, 0.1) is 0 Å². The Balaban J connectivity index is 1.16. The van der Waals surface area contributed by atoms with E-state index >= 15 is 0 Å². The summed E-state index contributed by atoms with van der Waals surface area (Å²) in [6.07, 6.45) is 6.87. The highest BCUT2D eigenvalue weighted by Crippen LogP contribution is 2.25. The van der Waals surface area contributed by atoms with E-state index in [1.165, 1.54) is 0 Å². The van der Waals surface area contributed by atoms with Crippen molar-refractivity contribution >= 4 is 34.1 Å². The van der Waals surface area contributed by atoms with E-state index in [-0.39, 0.29) is 11.8 Å². The zero-order chi connectivity index (χ0) is 22.5. The molecule has 33 heavy (non-hydrogen) atoms. The number of nitrogens with one attached hydrogen (secondary N) is 2. The predicted octanol–water partition coefficient (Wildman–Crippen LogP) is 3.70. The molecule has 0 aliphatic carbocycles. The van der Waals surface area contributed by atoms with E-state index < -0.39 is 0 Å². The first kappa shape index (κ1) is 20.8. The van der Waals surface area contributed by atoms with Crippen LogP contribution in [0, 0.1) is 5.92 Å². The molecule has 3 aromatic heterocycles. The Morgan fingerprint density at radius 3 is 2.64 bits per heavy atom. The Morgan fingerprint density at radius 2 is 1.85 bits per heavy atom. The topological polar surface area (TPSA) is 95.9 Å². The second kappa shape index (κ2) is 9.60. The summed E-state index contributed by atoms with van der Waals surface area (Å²) < 4.78 is 0. The molecule has 0 unspecified atom stereocenters. The highest BCUT2D eigenvalue weighted by Gasteiger charge is 2.25. The largest absolute Gasteiger partial charge is 0.355 e. The molecule has 0 bridgehead atoms. The lowest BCUT2D eigenvalue weighted by atomic mass is 9.96. The van der Waals surface area contributed by atoms with Crippen molar-refractivity contribution in [3.05, 3.63) is 78.8 Å². The molecule has 166 valence electrons. The van der Waals surface area contributed by atoms with Crippen LogP contribution in [0.25, 0.3) is 10.8 Å². The SMILES string of the molecule is O=C(NCc1cccnc1)C1CCN(c2ccc(Nc3nccc4ccccc34)nn2)CC1. The molecule has 0 saturated carbocycles. The first-order valence-electron chi connectivity index (χ1n) is 11.1. The second-order valence-corrected chi connectivity index (χ2v) is 8.12. The molecule has 4 heterocycles. The fourth-order valence-corrected chi connectivity index (χ4v) is 4.11. The van der Waals surface area contributed by atoms with E-state index in [1.807, 2.05) is 48.5 Å². The van der Waals surface area contributed by atoms with Crippen LogP contribution in [0.5, 0.6) is 0 Å². The van der Waals surface area contributed by atoms with E-state index in [2.05, 4.69) is 41.8 Å². The van der Waals surface area contributed by atoms with Crippen LogP contribution < -0.4 is 15.5 Å². The molecule has 1 aromatic carbocycles. The quantitative estimate of drug-likeness (QED) is 0.473. The maximum Gasteiger partial charge on any atom is 0.223 e. The molecule has 0 atom stereocenters. The Bertz CT molecular complexity index is 1220. The lowest BCUT2D eigenvalue weighted by Crippen LogP contribution is -2.40. The molecular weight excluding hydrogens is 414 g/mol. The molecule has 0 spiro atoms. The first-order valence-corrected chi connectivity index (χ1v) is 11.1. The van der Waals surface area contributed by atoms with Crippen LogP contribution in [0.3, 0.4) is 0 Å². The number of fused-ring (bicyclic) bond motifs is 1. The van der Waals surface area contributed by atoms with Gasteiger partial charge in [0.15, 0.2) is 11.6 Å². The lowest BCUT2D eigenvalue weighted by Gasteiger charge is -2.31. The number of anilines is 3. The Labute approximate surface area is 192 Å². The Hall–Kier alpha value is -4.07. The fraction of sp³-hybridized carbons (Fsp3) is 0.240. The summed E-state index contributed by atoms with van der Waals surface area (Å²) in [5, 5.41) is 17.2. The average molecular weight is 440 g/mol. The molecule has 1 aliphatic heterocycles. The van der Waals surface area contributed by atoms with Crippen LogP contribution in [0.4, 0.5) is 17.5 Å². The summed E-state index contributed by atoms with van der Waals surface area (Å²) in [7, 11) is 0. The fourth-order valence-electron chi connectivity index (χ4n) is 4.11. The van der Waals surface area contributed by atoms with Crippen molar-refractivity contribution in [3.63, 3.8) is 0 Å². The molecule has 1 fully saturated rings. The van der Waals surface area contributed by atoms with Gasteiger partial charge in [0.1, 0.15) is 5.82 Å². The zero-order valence-corrected chi connectivity index (χ0v) is 18.2. The maximum absolute atomic E-state index is 12.5. The minimum Gasteiger partial charge on any atom is -0.355 e. The summed E-state index contributed by atoms with van der Waals surface area (Å²) in [6.45, 7) is 2.06. The number of aromatic nitrogens is 4. The zero-order valence-electron chi connectivity index (χ0n) is 18.2. The normalized spacial score (nSPS) is 14.2. The smallest absolute Gasteiger partial charge is 0.223 e. The van der Waals surface area contributed by atoms with Crippen LogP contribution >= 0.6 is 0 Å². The van der Waals surface area contributed by atoms with Crippen LogP contribution in [-0.2, 0) is 11.3 Å². The van der Waals surface area contributed by atoms with Gasteiger partial charge in [0.25, 0.3) is 0 Å². The number of pyridine rings is 2. The van der Waals surface area contributed by atoms with Gasteiger partial charge in [0.2, 0.25) is 5.91 Å². The van der Waals surface area contributed by atoms with Crippen molar-refractivity contribution in [1.82, 2.24) is 25.5 Å². The lowest BCUT2D eigenvalue weighted by molar-refractivity contribution is -0.125. The van der Waals surface area contributed by atoms with Crippen molar-refractivity contribution in [2.24, 2.45) is 5.92 Å². The highest BCUT2D eigenvalue weighted by molar-refractivity contribution is 5.92. The van der Waals surface area contributed by atoms with Crippen LogP contribution in [0.2, 0.25) is 0 Å². The maximum atomic E-state index is 12.5. The molecule has 8 nitrogen and oxygen atoms in total. The van der Waals surface area contributed by atoms with E-state index in [9.17, 15) is 4.79 Å². The molecule has 8 heteroatoms. The number of rotatable bonds is 6. The minimum atomic E-state index is 0.0178. The van der Waals surface area contributed by atoms with E-state index in [0.29, 0.717) is 12.4 Å². The van der Waals surface area contributed by atoms with Crippen molar-refractivity contribution < 1.29 is 4.79 Å². The number of benzene rings is 1. The number of hydrogen-bond donors (Lipinski definition) is 2. The van der Waals surface area contributed by atoms with Gasteiger partial charge in [-0.15, -0.1) is 10.2 Å². The summed E-state index contributed by atoms with van der Waals surface area (Å²) in [5.74, 6) is 2.34. The van der Waals surface area contributed by atoms with Gasteiger partial charge >= 0.3 is 0 Å². The van der Waals surface area contributed by atoms with Gasteiger partial charge in [0, 0.05) is 49.5 Å². The van der Waals surface area contributed by atoms with Crippen LogP contribution in [0.1, 0.15) is 18.4 Å². The third-order valence-corrected chi connectivity index (χ3v) is 5.95. The Morgan fingerprint density at radius 1 is 0.970 bits per heavy atom. The molecule has 1 aliphatic rings. The minimum absolute atomic E-state index is 0.0178. The second-order valence-electron chi connectivity index (χ2n) is 8.12. The van der Waals surface area contributed by atoms with Crippen molar-refractivity contribution in [3.8, 4) is 0 Å².